The Morgan fingerprint density at radius 1 is 1.35 bits per heavy atom. The highest BCUT2D eigenvalue weighted by Gasteiger charge is 2.10. The monoisotopic (exact) mass is 231 g/mol. The number of para-hydroxylation sites is 1. The van der Waals surface area contributed by atoms with E-state index in [9.17, 15) is 0 Å². The summed E-state index contributed by atoms with van der Waals surface area (Å²) in [6.07, 6.45) is 2.16. The third kappa shape index (κ3) is 2.67. The normalized spacial score (nSPS) is 13.1. The van der Waals surface area contributed by atoms with Crippen molar-refractivity contribution in [2.75, 3.05) is 6.54 Å². The summed E-state index contributed by atoms with van der Waals surface area (Å²) in [6.45, 7) is 5.49. The van der Waals surface area contributed by atoms with E-state index < -0.39 is 0 Å². The van der Waals surface area contributed by atoms with E-state index in [-0.39, 0.29) is 0 Å². The summed E-state index contributed by atoms with van der Waals surface area (Å²) in [4.78, 5) is 0. The number of benzene rings is 1. The third-order valence-electron chi connectivity index (χ3n) is 3.08. The second-order valence-electron chi connectivity index (χ2n) is 4.65. The van der Waals surface area contributed by atoms with E-state index in [4.69, 9.17) is 0 Å². The highest BCUT2D eigenvalue weighted by molar-refractivity contribution is 5.81. The maximum atomic E-state index is 4.61. The molecule has 92 valence electrons. The molecule has 1 aromatic carbocycles. The van der Waals surface area contributed by atoms with Crippen LogP contribution in [0.4, 0.5) is 0 Å². The van der Waals surface area contributed by atoms with E-state index in [2.05, 4.69) is 48.5 Å². The number of aryl methyl sites for hydroxylation is 1. The molecule has 2 rings (SSSR count). The number of rotatable bonds is 5. The van der Waals surface area contributed by atoms with Crippen molar-refractivity contribution >= 4 is 10.9 Å². The van der Waals surface area contributed by atoms with Crippen LogP contribution in [0.25, 0.3) is 10.9 Å². The van der Waals surface area contributed by atoms with Gasteiger partial charge in [0, 0.05) is 24.9 Å². The molecule has 3 nitrogen and oxygen atoms in total. The molecule has 1 atom stereocenters. The third-order valence-corrected chi connectivity index (χ3v) is 3.08. The van der Waals surface area contributed by atoms with Crippen molar-refractivity contribution in [3.8, 4) is 0 Å². The molecule has 0 aliphatic heterocycles. The Morgan fingerprint density at radius 3 is 2.88 bits per heavy atom. The Labute approximate surface area is 103 Å². The molecule has 1 unspecified atom stereocenters. The van der Waals surface area contributed by atoms with Gasteiger partial charge in [0.05, 0.1) is 11.2 Å². The lowest BCUT2D eigenvalue weighted by atomic mass is 10.1. The van der Waals surface area contributed by atoms with Crippen molar-refractivity contribution in [2.45, 2.75) is 32.7 Å². The summed E-state index contributed by atoms with van der Waals surface area (Å²) >= 11 is 0. The van der Waals surface area contributed by atoms with Gasteiger partial charge in [0.2, 0.25) is 0 Å². The first-order valence-electron chi connectivity index (χ1n) is 6.36. The molecule has 0 saturated heterocycles. The second kappa shape index (κ2) is 5.32. The van der Waals surface area contributed by atoms with Crippen molar-refractivity contribution in [2.24, 2.45) is 7.05 Å². The van der Waals surface area contributed by atoms with Gasteiger partial charge < -0.3 is 5.32 Å². The van der Waals surface area contributed by atoms with Crippen LogP contribution in [0.5, 0.6) is 0 Å². The Bertz CT molecular complexity index is 487. The molecular weight excluding hydrogens is 210 g/mol. The molecule has 0 amide bonds. The summed E-state index contributed by atoms with van der Waals surface area (Å²) in [6, 6.07) is 8.90. The summed E-state index contributed by atoms with van der Waals surface area (Å²) in [5, 5.41) is 9.40. The Kier molecular flexibility index (Phi) is 3.79. The lowest BCUT2D eigenvalue weighted by molar-refractivity contribution is 0.536. The zero-order valence-electron chi connectivity index (χ0n) is 10.9. The minimum atomic E-state index is 0.480. The van der Waals surface area contributed by atoms with Crippen LogP contribution < -0.4 is 5.32 Å². The minimum Gasteiger partial charge on any atom is -0.314 e. The van der Waals surface area contributed by atoms with Crippen molar-refractivity contribution in [3.05, 3.63) is 30.0 Å². The van der Waals surface area contributed by atoms with Crippen LogP contribution in [-0.4, -0.2) is 22.4 Å². The first-order chi connectivity index (χ1) is 8.22. The number of hydrogen-bond acceptors (Lipinski definition) is 2. The molecule has 0 bridgehead atoms. The Morgan fingerprint density at radius 2 is 2.12 bits per heavy atom. The van der Waals surface area contributed by atoms with Gasteiger partial charge in [-0.3, -0.25) is 4.68 Å². The second-order valence-corrected chi connectivity index (χ2v) is 4.65. The summed E-state index contributed by atoms with van der Waals surface area (Å²) in [5.74, 6) is 0. The van der Waals surface area contributed by atoms with E-state index in [1.807, 2.05) is 11.7 Å². The predicted molar refractivity (Wildman–Crippen MR) is 72.2 cm³/mol. The zero-order valence-corrected chi connectivity index (χ0v) is 10.9. The molecule has 1 N–H and O–H groups in total. The van der Waals surface area contributed by atoms with Gasteiger partial charge in [-0.05, 0) is 26.0 Å². The molecule has 1 aromatic heterocycles. The molecule has 0 saturated carbocycles. The highest BCUT2D eigenvalue weighted by atomic mass is 15.3. The average molecular weight is 231 g/mol. The van der Waals surface area contributed by atoms with Crippen molar-refractivity contribution in [1.82, 2.24) is 15.1 Å². The molecular formula is C14H21N3. The molecule has 0 fully saturated rings. The molecule has 0 radical (unpaired) electrons. The van der Waals surface area contributed by atoms with Gasteiger partial charge >= 0.3 is 0 Å². The largest absolute Gasteiger partial charge is 0.314 e. The smallest absolute Gasteiger partial charge is 0.0718 e. The van der Waals surface area contributed by atoms with E-state index in [0.717, 1.165) is 13.0 Å². The number of aromatic nitrogens is 2. The molecule has 2 aromatic rings. The van der Waals surface area contributed by atoms with Gasteiger partial charge in [0.15, 0.2) is 0 Å². The molecule has 3 heteroatoms. The maximum Gasteiger partial charge on any atom is 0.0718 e. The van der Waals surface area contributed by atoms with Crippen LogP contribution in [-0.2, 0) is 13.5 Å². The van der Waals surface area contributed by atoms with Crippen LogP contribution in [0.2, 0.25) is 0 Å². The zero-order chi connectivity index (χ0) is 12.3. The van der Waals surface area contributed by atoms with Crippen LogP contribution in [0.1, 0.15) is 26.0 Å². The Hall–Kier alpha value is -1.35. The molecule has 0 aliphatic rings. The van der Waals surface area contributed by atoms with Crippen LogP contribution >= 0.6 is 0 Å². The van der Waals surface area contributed by atoms with E-state index in [0.29, 0.717) is 6.04 Å². The minimum absolute atomic E-state index is 0.480. The first kappa shape index (κ1) is 12.1. The fraction of sp³-hybridized carbons (Fsp3) is 0.500. The van der Waals surface area contributed by atoms with Gasteiger partial charge in [-0.1, -0.05) is 25.1 Å². The lowest BCUT2D eigenvalue weighted by Crippen LogP contribution is -2.28. The van der Waals surface area contributed by atoms with Gasteiger partial charge in [-0.15, -0.1) is 0 Å². The predicted octanol–water partition coefficient (Wildman–Crippen LogP) is 2.50. The summed E-state index contributed by atoms with van der Waals surface area (Å²) in [7, 11) is 2.01. The molecule has 1 heterocycles. The summed E-state index contributed by atoms with van der Waals surface area (Å²) in [5.41, 5.74) is 2.41. The van der Waals surface area contributed by atoms with Gasteiger partial charge in [0.25, 0.3) is 0 Å². The molecule has 17 heavy (non-hydrogen) atoms. The fourth-order valence-electron chi connectivity index (χ4n) is 2.19. The number of fused-ring (bicyclic) bond motifs is 1. The van der Waals surface area contributed by atoms with Crippen molar-refractivity contribution in [1.29, 1.82) is 0 Å². The topological polar surface area (TPSA) is 29.9 Å². The number of hydrogen-bond donors (Lipinski definition) is 1. The average Bonchev–Trinajstić information content (AvgIpc) is 2.65. The standard InChI is InChI=1S/C14H21N3/c1-4-9-15-11(2)10-13-12-7-5-6-8-14(12)17(3)16-13/h5-8,11,15H,4,9-10H2,1-3H3. The quantitative estimate of drug-likeness (QED) is 0.857. The van der Waals surface area contributed by atoms with E-state index >= 15 is 0 Å². The van der Waals surface area contributed by atoms with Crippen LogP contribution in [0.15, 0.2) is 24.3 Å². The van der Waals surface area contributed by atoms with E-state index in [1.54, 1.807) is 0 Å². The van der Waals surface area contributed by atoms with E-state index in [1.165, 1.54) is 23.0 Å². The maximum absolute atomic E-state index is 4.61. The van der Waals surface area contributed by atoms with Crippen LogP contribution in [0.3, 0.4) is 0 Å². The van der Waals surface area contributed by atoms with Gasteiger partial charge in [-0.2, -0.15) is 5.10 Å². The Balaban J connectivity index is 2.18. The van der Waals surface area contributed by atoms with Crippen LogP contribution in [0, 0.1) is 0 Å². The lowest BCUT2D eigenvalue weighted by Gasteiger charge is -2.11. The van der Waals surface area contributed by atoms with Gasteiger partial charge in [0.1, 0.15) is 0 Å². The van der Waals surface area contributed by atoms with Crippen molar-refractivity contribution < 1.29 is 0 Å². The summed E-state index contributed by atoms with van der Waals surface area (Å²) < 4.78 is 1.97. The fourth-order valence-corrected chi connectivity index (χ4v) is 2.19. The molecule has 0 aliphatic carbocycles. The first-order valence-corrected chi connectivity index (χ1v) is 6.36. The molecule has 0 spiro atoms. The van der Waals surface area contributed by atoms with Crippen molar-refractivity contribution in [3.63, 3.8) is 0 Å². The number of nitrogens with one attached hydrogen (secondary N) is 1. The highest BCUT2D eigenvalue weighted by Crippen LogP contribution is 2.18. The van der Waals surface area contributed by atoms with Gasteiger partial charge in [-0.25, -0.2) is 0 Å². The number of nitrogens with zero attached hydrogens (tertiary/aromatic N) is 2. The SMILES string of the molecule is CCCNC(C)Cc1nn(C)c2ccccc12.